The number of fused-ring (bicyclic) bond motifs is 4. The van der Waals surface area contributed by atoms with Crippen molar-refractivity contribution in [2.45, 2.75) is 57.2 Å². The molecule has 1 aromatic rings. The van der Waals surface area contributed by atoms with Gasteiger partial charge in [-0.2, -0.15) is 0 Å². The predicted octanol–water partition coefficient (Wildman–Crippen LogP) is 2.99. The number of carbonyl (C=O) groups is 1. The quantitative estimate of drug-likeness (QED) is 0.754. The Balaban J connectivity index is 1.42. The first-order chi connectivity index (χ1) is 13.6. The normalized spacial score (nSPS) is 26.4. The molecule has 0 aromatic heterocycles. The van der Waals surface area contributed by atoms with Crippen molar-refractivity contribution in [3.05, 3.63) is 29.8 Å². The second-order valence-electron chi connectivity index (χ2n) is 9.14. The molecule has 0 spiro atoms. The highest BCUT2D eigenvalue weighted by Gasteiger charge is 2.35. The van der Waals surface area contributed by atoms with Gasteiger partial charge in [0.05, 0.1) is 12.6 Å². The van der Waals surface area contributed by atoms with Crippen molar-refractivity contribution in [2.75, 3.05) is 40.3 Å². The van der Waals surface area contributed by atoms with Crippen LogP contribution in [0.1, 0.15) is 44.1 Å². The highest BCUT2D eigenvalue weighted by atomic mass is 16.5. The minimum atomic E-state index is 0.211. The van der Waals surface area contributed by atoms with Crippen molar-refractivity contribution in [1.82, 2.24) is 14.7 Å². The van der Waals surface area contributed by atoms with E-state index in [4.69, 9.17) is 4.74 Å². The summed E-state index contributed by atoms with van der Waals surface area (Å²) in [6.45, 7) is 4.69. The Morgan fingerprint density at radius 3 is 2.64 bits per heavy atom. The summed E-state index contributed by atoms with van der Waals surface area (Å²) in [6, 6.07) is 9.14. The smallest absolute Gasteiger partial charge is 0.236 e. The van der Waals surface area contributed by atoms with Crippen LogP contribution in [0, 0.1) is 5.92 Å². The molecule has 4 fully saturated rings. The fraction of sp³-hybridized carbons (Fsp3) is 0.696. The van der Waals surface area contributed by atoms with Gasteiger partial charge in [-0.15, -0.1) is 0 Å². The Hall–Kier alpha value is -1.59. The molecule has 4 aliphatic rings. The Labute approximate surface area is 169 Å². The maximum atomic E-state index is 12.2. The summed E-state index contributed by atoms with van der Waals surface area (Å²) in [5.74, 6) is 1.95. The van der Waals surface area contributed by atoms with Gasteiger partial charge in [0.1, 0.15) is 5.75 Å². The monoisotopic (exact) mass is 385 g/mol. The third-order valence-corrected chi connectivity index (χ3v) is 6.70. The number of hydrogen-bond acceptors (Lipinski definition) is 4. The molecular formula is C23H35N3O2. The molecule has 1 amide bonds. The number of piperidine rings is 1. The highest BCUT2D eigenvalue weighted by molar-refractivity contribution is 5.77. The van der Waals surface area contributed by atoms with Crippen molar-refractivity contribution in [3.8, 4) is 5.75 Å². The van der Waals surface area contributed by atoms with E-state index < -0.39 is 0 Å². The number of carbonyl (C=O) groups excluding carboxylic acids is 1. The molecule has 5 rings (SSSR count). The fourth-order valence-corrected chi connectivity index (χ4v) is 5.09. The lowest BCUT2D eigenvalue weighted by atomic mass is 9.94. The number of ether oxygens (including phenoxy) is 1. The minimum Gasteiger partial charge on any atom is -0.490 e. The van der Waals surface area contributed by atoms with E-state index in [1.807, 2.05) is 14.1 Å². The fourth-order valence-electron chi connectivity index (χ4n) is 5.09. The predicted molar refractivity (Wildman–Crippen MR) is 111 cm³/mol. The molecule has 1 saturated carbocycles. The Morgan fingerprint density at radius 2 is 1.86 bits per heavy atom. The third kappa shape index (κ3) is 4.69. The first-order valence-corrected chi connectivity index (χ1v) is 11.0. The van der Waals surface area contributed by atoms with E-state index in [0.29, 0.717) is 24.6 Å². The van der Waals surface area contributed by atoms with Crippen LogP contribution in [0.15, 0.2) is 24.3 Å². The number of amides is 1. The Kier molecular flexibility index (Phi) is 6.22. The van der Waals surface area contributed by atoms with Gasteiger partial charge in [0.15, 0.2) is 0 Å². The molecule has 5 heteroatoms. The Morgan fingerprint density at radius 1 is 1.07 bits per heavy atom. The Bertz CT molecular complexity index is 672. The van der Waals surface area contributed by atoms with E-state index in [-0.39, 0.29) is 5.91 Å². The van der Waals surface area contributed by atoms with Crippen LogP contribution in [0.2, 0.25) is 0 Å². The summed E-state index contributed by atoms with van der Waals surface area (Å²) in [5.41, 5.74) is 1.32. The topological polar surface area (TPSA) is 36.0 Å². The van der Waals surface area contributed by atoms with Crippen molar-refractivity contribution in [1.29, 1.82) is 0 Å². The molecule has 1 aromatic carbocycles. The number of likely N-dealkylation sites (N-methyl/N-ethyl adjacent to an activating group) is 1. The lowest BCUT2D eigenvalue weighted by molar-refractivity contribution is -0.130. The molecule has 0 N–H and O–H groups in total. The summed E-state index contributed by atoms with van der Waals surface area (Å²) in [5, 5.41) is 0. The molecule has 2 atom stereocenters. The van der Waals surface area contributed by atoms with Crippen LogP contribution in [-0.2, 0) is 11.3 Å². The summed E-state index contributed by atoms with van der Waals surface area (Å²) in [7, 11) is 3.70. The summed E-state index contributed by atoms with van der Waals surface area (Å²) in [6.07, 6.45) is 7.90. The van der Waals surface area contributed by atoms with Gasteiger partial charge in [-0.3, -0.25) is 14.6 Å². The maximum absolute atomic E-state index is 12.2. The minimum absolute atomic E-state index is 0.211. The first-order valence-electron chi connectivity index (χ1n) is 11.0. The van der Waals surface area contributed by atoms with Crippen molar-refractivity contribution in [3.63, 3.8) is 0 Å². The van der Waals surface area contributed by atoms with Crippen LogP contribution < -0.4 is 4.74 Å². The molecule has 0 radical (unpaired) electrons. The number of hydrogen-bond donors (Lipinski definition) is 0. The second kappa shape index (κ2) is 8.83. The molecule has 28 heavy (non-hydrogen) atoms. The number of nitrogens with zero attached hydrogens (tertiary/aromatic N) is 3. The summed E-state index contributed by atoms with van der Waals surface area (Å²) >= 11 is 0. The zero-order chi connectivity index (χ0) is 19.5. The van der Waals surface area contributed by atoms with Crippen molar-refractivity contribution >= 4 is 5.91 Å². The summed E-state index contributed by atoms with van der Waals surface area (Å²) in [4.78, 5) is 18.9. The van der Waals surface area contributed by atoms with Crippen LogP contribution in [0.25, 0.3) is 0 Å². The standard InChI is InChI=1S/C23H35N3O2/c1-24(2)23(27)17-25-13-18-11-12-20(16-25)26(14-18)15-19-7-3-6-10-22(19)28-21-8-4-5-9-21/h3,6-7,10,18,20-21H,4-5,8-9,11-17H2,1-2H3/t18-,20+/m0/s1. The van der Waals surface area contributed by atoms with Gasteiger partial charge in [-0.05, 0) is 50.5 Å². The maximum Gasteiger partial charge on any atom is 0.236 e. The van der Waals surface area contributed by atoms with Gasteiger partial charge < -0.3 is 9.64 Å². The van der Waals surface area contributed by atoms with E-state index in [9.17, 15) is 4.79 Å². The number of rotatable bonds is 6. The average Bonchev–Trinajstić information content (AvgIpc) is 3.04. The van der Waals surface area contributed by atoms with Gasteiger partial charge >= 0.3 is 0 Å². The zero-order valence-electron chi connectivity index (χ0n) is 17.5. The van der Waals surface area contributed by atoms with Crippen LogP contribution in [0.3, 0.4) is 0 Å². The van der Waals surface area contributed by atoms with E-state index >= 15 is 0 Å². The van der Waals surface area contributed by atoms with Crippen LogP contribution in [0.4, 0.5) is 0 Å². The first kappa shape index (κ1) is 19.7. The SMILES string of the molecule is CN(C)C(=O)CN1C[C@@H]2CC[C@H](C1)N(Cc1ccccc1OC1CCCC1)C2. The van der Waals surface area contributed by atoms with Gasteiger partial charge in [-0.25, -0.2) is 0 Å². The van der Waals surface area contributed by atoms with Gasteiger partial charge in [0, 0.05) is 51.9 Å². The van der Waals surface area contributed by atoms with Gasteiger partial charge in [-0.1, -0.05) is 18.2 Å². The molecule has 2 bridgehead atoms. The van der Waals surface area contributed by atoms with E-state index in [1.54, 1.807) is 4.90 Å². The lowest BCUT2D eigenvalue weighted by Crippen LogP contribution is -2.44. The van der Waals surface area contributed by atoms with Gasteiger partial charge in [0.25, 0.3) is 0 Å². The molecule has 0 unspecified atom stereocenters. The van der Waals surface area contributed by atoms with Gasteiger partial charge in [0.2, 0.25) is 5.91 Å². The average molecular weight is 386 g/mol. The lowest BCUT2D eigenvalue weighted by Gasteiger charge is -2.36. The van der Waals surface area contributed by atoms with E-state index in [1.165, 1.54) is 44.1 Å². The number of para-hydroxylation sites is 1. The second-order valence-corrected chi connectivity index (χ2v) is 9.14. The number of benzene rings is 1. The molecular weight excluding hydrogens is 350 g/mol. The largest absolute Gasteiger partial charge is 0.490 e. The zero-order valence-corrected chi connectivity index (χ0v) is 17.5. The van der Waals surface area contributed by atoms with E-state index in [2.05, 4.69) is 34.1 Å². The highest BCUT2D eigenvalue weighted by Crippen LogP contribution is 2.32. The molecule has 3 heterocycles. The van der Waals surface area contributed by atoms with Crippen LogP contribution in [0.5, 0.6) is 5.75 Å². The third-order valence-electron chi connectivity index (χ3n) is 6.70. The molecule has 5 nitrogen and oxygen atoms in total. The van der Waals surface area contributed by atoms with Crippen molar-refractivity contribution < 1.29 is 9.53 Å². The van der Waals surface area contributed by atoms with Crippen LogP contribution in [-0.4, -0.2) is 73.0 Å². The molecule has 1 aliphatic carbocycles. The molecule has 154 valence electrons. The van der Waals surface area contributed by atoms with E-state index in [0.717, 1.165) is 31.9 Å². The molecule has 3 aliphatic heterocycles. The summed E-state index contributed by atoms with van der Waals surface area (Å²) < 4.78 is 6.37. The van der Waals surface area contributed by atoms with Crippen LogP contribution >= 0.6 is 0 Å². The van der Waals surface area contributed by atoms with Crippen molar-refractivity contribution in [2.24, 2.45) is 5.92 Å². The molecule has 3 saturated heterocycles.